The van der Waals surface area contributed by atoms with E-state index in [1.807, 2.05) is 30.3 Å². The predicted molar refractivity (Wildman–Crippen MR) is 110 cm³/mol. The van der Waals surface area contributed by atoms with Gasteiger partial charge in [0.15, 0.2) is 5.82 Å². The highest BCUT2D eigenvalue weighted by Gasteiger charge is 2.25. The lowest BCUT2D eigenvalue weighted by Gasteiger charge is -2.30. The first-order chi connectivity index (χ1) is 12.8. The molecule has 1 aromatic carbocycles. The number of aromatic nitrogens is 3. The minimum absolute atomic E-state index is 0.675. The molecule has 1 saturated heterocycles. The van der Waals surface area contributed by atoms with E-state index >= 15 is 0 Å². The Morgan fingerprint density at radius 2 is 1.81 bits per heavy atom. The van der Waals surface area contributed by atoms with E-state index in [2.05, 4.69) is 21.4 Å². The van der Waals surface area contributed by atoms with Crippen LogP contribution in [-0.2, 0) is 0 Å². The standard InChI is InChI=1S/C19H15N5S2/c20-15-14-16(12-5-2-1-3-6-12)22-17(13-7-4-8-21-11-13)23-18(14)26-19(15)24-9-10-25-24/h1-8,11H,9-10,20H2. The molecular weight excluding hydrogens is 362 g/mol. The number of hydrogen-bond acceptors (Lipinski definition) is 7. The molecule has 0 amide bonds. The Morgan fingerprint density at radius 1 is 1.00 bits per heavy atom. The van der Waals surface area contributed by atoms with E-state index in [1.165, 1.54) is 0 Å². The molecule has 4 heterocycles. The minimum atomic E-state index is 0.675. The summed E-state index contributed by atoms with van der Waals surface area (Å²) >= 11 is 3.43. The lowest BCUT2D eigenvalue weighted by Crippen LogP contribution is -2.28. The van der Waals surface area contributed by atoms with Crippen molar-refractivity contribution in [1.29, 1.82) is 0 Å². The number of hydrogen-bond donors (Lipinski definition) is 1. The van der Waals surface area contributed by atoms with Crippen molar-refractivity contribution in [3.05, 3.63) is 54.9 Å². The van der Waals surface area contributed by atoms with E-state index < -0.39 is 0 Å². The Kier molecular flexibility index (Phi) is 3.76. The molecule has 26 heavy (non-hydrogen) atoms. The van der Waals surface area contributed by atoms with Crippen molar-refractivity contribution in [2.45, 2.75) is 0 Å². The molecule has 5 nitrogen and oxygen atoms in total. The Labute approximate surface area is 159 Å². The SMILES string of the molecule is Nc1c(N2CCS2)sc2nc(-c3cccnc3)nc(-c3ccccc3)c12. The van der Waals surface area contributed by atoms with Gasteiger partial charge in [0.25, 0.3) is 0 Å². The van der Waals surface area contributed by atoms with Gasteiger partial charge in [-0.05, 0) is 24.1 Å². The minimum Gasteiger partial charge on any atom is -0.396 e. The Morgan fingerprint density at radius 3 is 2.50 bits per heavy atom. The zero-order valence-corrected chi connectivity index (χ0v) is 15.4. The lowest BCUT2D eigenvalue weighted by atomic mass is 10.1. The molecule has 3 aromatic heterocycles. The maximum absolute atomic E-state index is 6.54. The summed E-state index contributed by atoms with van der Waals surface area (Å²) in [5.74, 6) is 1.81. The van der Waals surface area contributed by atoms with Crippen LogP contribution in [-0.4, -0.2) is 27.2 Å². The third kappa shape index (κ3) is 2.51. The van der Waals surface area contributed by atoms with Gasteiger partial charge >= 0.3 is 0 Å². The molecule has 0 spiro atoms. The normalized spacial score (nSPS) is 13.8. The summed E-state index contributed by atoms with van der Waals surface area (Å²) in [7, 11) is 0. The van der Waals surface area contributed by atoms with Gasteiger partial charge in [0, 0.05) is 35.8 Å². The van der Waals surface area contributed by atoms with Gasteiger partial charge in [-0.15, -0.1) is 0 Å². The second-order valence-corrected chi connectivity index (χ2v) is 8.02. The van der Waals surface area contributed by atoms with Crippen LogP contribution in [0.3, 0.4) is 0 Å². The number of nitrogens with zero attached hydrogens (tertiary/aromatic N) is 4. The molecule has 1 aliphatic heterocycles. The number of fused-ring (bicyclic) bond motifs is 1. The fourth-order valence-electron chi connectivity index (χ4n) is 2.97. The number of thiophene rings is 1. The predicted octanol–water partition coefficient (Wildman–Crippen LogP) is 4.47. The zero-order valence-electron chi connectivity index (χ0n) is 13.8. The van der Waals surface area contributed by atoms with Gasteiger partial charge in [0.05, 0.1) is 16.8 Å². The van der Waals surface area contributed by atoms with Gasteiger partial charge in [-0.3, -0.25) is 4.98 Å². The highest BCUT2D eigenvalue weighted by atomic mass is 32.2. The Bertz CT molecular complexity index is 1080. The third-order valence-electron chi connectivity index (χ3n) is 4.30. The van der Waals surface area contributed by atoms with Crippen LogP contribution < -0.4 is 10.0 Å². The van der Waals surface area contributed by atoms with Gasteiger partial charge in [-0.1, -0.05) is 41.7 Å². The van der Waals surface area contributed by atoms with Gasteiger partial charge in [-0.2, -0.15) is 0 Å². The summed E-state index contributed by atoms with van der Waals surface area (Å²) < 4.78 is 2.24. The van der Waals surface area contributed by atoms with E-state index in [1.54, 1.807) is 35.7 Å². The molecule has 1 aliphatic rings. The summed E-state index contributed by atoms with van der Waals surface area (Å²) in [6, 6.07) is 14.0. The van der Waals surface area contributed by atoms with Crippen molar-refractivity contribution >= 4 is 44.2 Å². The first-order valence-electron chi connectivity index (χ1n) is 8.27. The molecule has 1 fully saturated rings. The quantitative estimate of drug-likeness (QED) is 0.531. The maximum Gasteiger partial charge on any atom is 0.162 e. The van der Waals surface area contributed by atoms with E-state index in [0.717, 1.165) is 50.0 Å². The second kappa shape index (κ2) is 6.26. The molecule has 128 valence electrons. The van der Waals surface area contributed by atoms with Crippen molar-refractivity contribution in [2.24, 2.45) is 0 Å². The molecule has 0 aliphatic carbocycles. The maximum atomic E-state index is 6.54. The number of nitrogen functional groups attached to an aromatic ring is 1. The van der Waals surface area contributed by atoms with Crippen LogP contribution in [0.25, 0.3) is 32.9 Å². The average Bonchev–Trinajstić information content (AvgIpc) is 2.97. The molecule has 2 N–H and O–H groups in total. The van der Waals surface area contributed by atoms with Gasteiger partial charge in [0.2, 0.25) is 0 Å². The topological polar surface area (TPSA) is 67.9 Å². The van der Waals surface area contributed by atoms with Crippen LogP contribution in [0.1, 0.15) is 0 Å². The number of rotatable bonds is 3. The van der Waals surface area contributed by atoms with Crippen LogP contribution in [0.15, 0.2) is 54.9 Å². The fraction of sp³-hybridized carbons (Fsp3) is 0.105. The highest BCUT2D eigenvalue weighted by molar-refractivity contribution is 8.02. The smallest absolute Gasteiger partial charge is 0.162 e. The van der Waals surface area contributed by atoms with E-state index in [0.29, 0.717) is 5.82 Å². The fourth-order valence-corrected chi connectivity index (χ4v) is 4.85. The van der Waals surface area contributed by atoms with Gasteiger partial charge in [-0.25, -0.2) is 9.97 Å². The molecule has 4 aromatic rings. The average molecular weight is 377 g/mol. The van der Waals surface area contributed by atoms with Crippen LogP contribution in [0, 0.1) is 0 Å². The number of pyridine rings is 1. The van der Waals surface area contributed by atoms with Crippen molar-refractivity contribution in [3.8, 4) is 22.6 Å². The van der Waals surface area contributed by atoms with Crippen LogP contribution >= 0.6 is 23.3 Å². The summed E-state index contributed by atoms with van der Waals surface area (Å²) in [5, 5.41) is 2.02. The summed E-state index contributed by atoms with van der Waals surface area (Å²) in [6.45, 7) is 1.02. The first kappa shape index (κ1) is 15.6. The van der Waals surface area contributed by atoms with E-state index in [-0.39, 0.29) is 0 Å². The first-order valence-corrected chi connectivity index (χ1v) is 10.0. The Hall–Kier alpha value is -2.64. The monoisotopic (exact) mass is 377 g/mol. The zero-order chi connectivity index (χ0) is 17.5. The van der Waals surface area contributed by atoms with Crippen LogP contribution in [0.2, 0.25) is 0 Å². The molecule has 0 unspecified atom stereocenters. The van der Waals surface area contributed by atoms with Gasteiger partial charge < -0.3 is 10.0 Å². The molecule has 0 bridgehead atoms. The van der Waals surface area contributed by atoms with Gasteiger partial charge in [0.1, 0.15) is 9.83 Å². The van der Waals surface area contributed by atoms with Crippen molar-refractivity contribution in [2.75, 3.05) is 22.3 Å². The molecule has 5 rings (SSSR count). The van der Waals surface area contributed by atoms with E-state index in [4.69, 9.17) is 15.7 Å². The number of nitrogens with two attached hydrogens (primary N) is 1. The van der Waals surface area contributed by atoms with Crippen molar-refractivity contribution in [3.63, 3.8) is 0 Å². The summed E-state index contributed by atoms with van der Waals surface area (Å²) in [5.41, 5.74) is 10.1. The third-order valence-corrected chi connectivity index (χ3v) is 6.58. The lowest BCUT2D eigenvalue weighted by molar-refractivity contribution is 1.08. The molecule has 7 heteroatoms. The highest BCUT2D eigenvalue weighted by Crippen LogP contribution is 2.47. The molecular formula is C19H15N5S2. The summed E-state index contributed by atoms with van der Waals surface area (Å²) in [6.07, 6.45) is 3.54. The number of benzene rings is 1. The molecule has 0 saturated carbocycles. The second-order valence-electron chi connectivity index (χ2n) is 5.94. The summed E-state index contributed by atoms with van der Waals surface area (Å²) in [4.78, 5) is 14.8. The molecule has 0 radical (unpaired) electrons. The Balaban J connectivity index is 1.79. The van der Waals surface area contributed by atoms with Crippen LogP contribution in [0.4, 0.5) is 10.7 Å². The molecule has 0 atom stereocenters. The van der Waals surface area contributed by atoms with Crippen molar-refractivity contribution < 1.29 is 0 Å². The largest absolute Gasteiger partial charge is 0.396 e. The van der Waals surface area contributed by atoms with E-state index in [9.17, 15) is 0 Å². The van der Waals surface area contributed by atoms with Crippen molar-refractivity contribution in [1.82, 2.24) is 15.0 Å². The van der Waals surface area contributed by atoms with Crippen LogP contribution in [0.5, 0.6) is 0 Å². The number of anilines is 2.